The summed E-state index contributed by atoms with van der Waals surface area (Å²) in [6, 6.07) is 14.8. The van der Waals surface area contributed by atoms with Gasteiger partial charge in [0.2, 0.25) is 11.8 Å². The number of pyridine rings is 1. The molecular formula is C22H24N4O3. The normalized spacial score (nSPS) is 21.7. The first kappa shape index (κ1) is 19.1. The van der Waals surface area contributed by atoms with Crippen LogP contribution in [0, 0.1) is 6.92 Å². The third-order valence-electron chi connectivity index (χ3n) is 5.79. The van der Waals surface area contributed by atoms with Crippen molar-refractivity contribution in [1.82, 2.24) is 14.8 Å². The molecule has 0 aliphatic carbocycles. The molecule has 7 nitrogen and oxygen atoms in total. The SMILES string of the molecule is CC(=O)N1CC(=O)N(c2ccccc2)C[C@]12CCN(C(=O)c1cccc(C)n1)C2. The molecule has 2 aliphatic rings. The Morgan fingerprint density at radius 1 is 1.03 bits per heavy atom. The fourth-order valence-electron chi connectivity index (χ4n) is 4.35. The lowest BCUT2D eigenvalue weighted by Gasteiger charge is -2.48. The summed E-state index contributed by atoms with van der Waals surface area (Å²) in [5.41, 5.74) is 1.41. The maximum absolute atomic E-state index is 13.0. The summed E-state index contributed by atoms with van der Waals surface area (Å²) < 4.78 is 0. The van der Waals surface area contributed by atoms with Gasteiger partial charge in [-0.1, -0.05) is 24.3 Å². The second-order valence-corrected chi connectivity index (χ2v) is 7.79. The van der Waals surface area contributed by atoms with E-state index in [4.69, 9.17) is 0 Å². The van der Waals surface area contributed by atoms with Crippen LogP contribution in [-0.2, 0) is 9.59 Å². The van der Waals surface area contributed by atoms with Gasteiger partial charge in [-0.25, -0.2) is 4.98 Å². The lowest BCUT2D eigenvalue weighted by Crippen LogP contribution is -2.67. The number of nitrogens with zero attached hydrogens (tertiary/aromatic N) is 4. The smallest absolute Gasteiger partial charge is 0.272 e. The third-order valence-corrected chi connectivity index (χ3v) is 5.79. The van der Waals surface area contributed by atoms with Crippen LogP contribution in [0.4, 0.5) is 5.69 Å². The number of likely N-dealkylation sites (tertiary alicyclic amines) is 1. The van der Waals surface area contributed by atoms with E-state index >= 15 is 0 Å². The summed E-state index contributed by atoms with van der Waals surface area (Å²) in [5.74, 6) is -0.395. The highest BCUT2D eigenvalue weighted by molar-refractivity contribution is 5.99. The molecule has 1 aromatic heterocycles. The number of anilines is 1. The van der Waals surface area contributed by atoms with Crippen molar-refractivity contribution in [2.45, 2.75) is 25.8 Å². The van der Waals surface area contributed by atoms with Crippen molar-refractivity contribution in [3.8, 4) is 0 Å². The third kappa shape index (κ3) is 3.48. The molecule has 2 aliphatic heterocycles. The zero-order chi connectivity index (χ0) is 20.6. The molecule has 3 amide bonds. The molecule has 0 bridgehead atoms. The number of aromatic nitrogens is 1. The van der Waals surface area contributed by atoms with E-state index in [0.717, 1.165) is 11.4 Å². The van der Waals surface area contributed by atoms with E-state index in [2.05, 4.69) is 4.98 Å². The number of hydrogen-bond donors (Lipinski definition) is 0. The Kier molecular flexibility index (Phi) is 4.82. The van der Waals surface area contributed by atoms with E-state index in [9.17, 15) is 14.4 Å². The van der Waals surface area contributed by atoms with Crippen molar-refractivity contribution in [3.63, 3.8) is 0 Å². The Hall–Kier alpha value is -3.22. The minimum atomic E-state index is -0.588. The van der Waals surface area contributed by atoms with Gasteiger partial charge >= 0.3 is 0 Å². The largest absolute Gasteiger partial charge is 0.335 e. The highest BCUT2D eigenvalue weighted by Gasteiger charge is 2.51. The summed E-state index contributed by atoms with van der Waals surface area (Å²) in [6.45, 7) is 4.64. The van der Waals surface area contributed by atoms with E-state index in [1.165, 1.54) is 6.92 Å². The molecule has 150 valence electrons. The number of rotatable bonds is 2. The van der Waals surface area contributed by atoms with Crippen molar-refractivity contribution in [2.24, 2.45) is 0 Å². The molecule has 1 atom stereocenters. The minimum absolute atomic E-state index is 0.0228. The van der Waals surface area contributed by atoms with Crippen LogP contribution < -0.4 is 4.90 Å². The molecule has 29 heavy (non-hydrogen) atoms. The lowest BCUT2D eigenvalue weighted by molar-refractivity contribution is -0.142. The second kappa shape index (κ2) is 7.31. The van der Waals surface area contributed by atoms with Crippen molar-refractivity contribution >= 4 is 23.4 Å². The van der Waals surface area contributed by atoms with Crippen LogP contribution >= 0.6 is 0 Å². The van der Waals surface area contributed by atoms with Crippen LogP contribution in [0.15, 0.2) is 48.5 Å². The first-order valence-corrected chi connectivity index (χ1v) is 9.76. The fraction of sp³-hybridized carbons (Fsp3) is 0.364. The van der Waals surface area contributed by atoms with Gasteiger partial charge in [-0.05, 0) is 37.6 Å². The van der Waals surface area contributed by atoms with E-state index in [1.807, 2.05) is 49.4 Å². The van der Waals surface area contributed by atoms with Gasteiger partial charge < -0.3 is 14.7 Å². The van der Waals surface area contributed by atoms with Crippen molar-refractivity contribution in [2.75, 3.05) is 31.1 Å². The minimum Gasteiger partial charge on any atom is -0.335 e. The van der Waals surface area contributed by atoms with Crippen LogP contribution in [0.2, 0.25) is 0 Å². The van der Waals surface area contributed by atoms with Crippen LogP contribution in [0.5, 0.6) is 0 Å². The molecule has 2 saturated heterocycles. The maximum Gasteiger partial charge on any atom is 0.272 e. The summed E-state index contributed by atoms with van der Waals surface area (Å²) in [5, 5.41) is 0. The highest BCUT2D eigenvalue weighted by Crippen LogP contribution is 2.35. The molecule has 1 aromatic carbocycles. The number of amides is 3. The van der Waals surface area contributed by atoms with E-state index in [-0.39, 0.29) is 24.3 Å². The van der Waals surface area contributed by atoms with Gasteiger partial charge in [-0.2, -0.15) is 0 Å². The Morgan fingerprint density at radius 3 is 2.48 bits per heavy atom. The molecule has 0 unspecified atom stereocenters. The van der Waals surface area contributed by atoms with Crippen LogP contribution in [0.25, 0.3) is 0 Å². The zero-order valence-electron chi connectivity index (χ0n) is 16.7. The Bertz CT molecular complexity index is 962. The highest BCUT2D eigenvalue weighted by atomic mass is 16.2. The van der Waals surface area contributed by atoms with Gasteiger partial charge in [0.1, 0.15) is 12.2 Å². The van der Waals surface area contributed by atoms with Crippen molar-refractivity contribution in [1.29, 1.82) is 0 Å². The summed E-state index contributed by atoms with van der Waals surface area (Å²) in [6.07, 6.45) is 0.626. The Morgan fingerprint density at radius 2 is 1.79 bits per heavy atom. The first-order chi connectivity index (χ1) is 13.9. The predicted octanol–water partition coefficient (Wildman–Crippen LogP) is 1.87. The quantitative estimate of drug-likeness (QED) is 0.782. The van der Waals surface area contributed by atoms with Gasteiger partial charge in [-0.15, -0.1) is 0 Å². The molecule has 4 rings (SSSR count). The number of para-hydroxylation sites is 1. The maximum atomic E-state index is 13.0. The number of carbonyl (C=O) groups is 3. The molecule has 0 N–H and O–H groups in total. The monoisotopic (exact) mass is 392 g/mol. The zero-order valence-corrected chi connectivity index (χ0v) is 16.7. The molecule has 2 fully saturated rings. The fourth-order valence-corrected chi connectivity index (χ4v) is 4.35. The Labute approximate surface area is 169 Å². The second-order valence-electron chi connectivity index (χ2n) is 7.79. The summed E-state index contributed by atoms with van der Waals surface area (Å²) in [4.78, 5) is 47.6. The molecule has 7 heteroatoms. The molecular weight excluding hydrogens is 368 g/mol. The van der Waals surface area contributed by atoms with E-state index in [0.29, 0.717) is 31.7 Å². The number of piperazine rings is 1. The predicted molar refractivity (Wildman–Crippen MR) is 108 cm³/mol. The van der Waals surface area contributed by atoms with Gasteiger partial charge in [0.05, 0.1) is 12.1 Å². The molecule has 1 spiro atoms. The van der Waals surface area contributed by atoms with Gasteiger partial charge in [0.25, 0.3) is 5.91 Å². The van der Waals surface area contributed by atoms with Crippen LogP contribution in [0.1, 0.15) is 29.5 Å². The number of aryl methyl sites for hydroxylation is 1. The van der Waals surface area contributed by atoms with Gasteiger partial charge in [0, 0.05) is 31.4 Å². The Balaban J connectivity index is 1.62. The molecule has 3 heterocycles. The van der Waals surface area contributed by atoms with E-state index in [1.54, 1.807) is 20.8 Å². The van der Waals surface area contributed by atoms with Crippen LogP contribution in [-0.4, -0.2) is 64.2 Å². The standard InChI is InChI=1S/C22H24N4O3/c1-16-7-6-10-19(23-16)21(29)24-12-11-22(14-24)15-25(18-8-4-3-5-9-18)20(28)13-26(22)17(2)27/h3-10H,11-15H2,1-2H3/t22-/m1/s1. The first-order valence-electron chi connectivity index (χ1n) is 9.76. The average molecular weight is 392 g/mol. The average Bonchev–Trinajstić information content (AvgIpc) is 3.14. The van der Waals surface area contributed by atoms with E-state index < -0.39 is 5.54 Å². The summed E-state index contributed by atoms with van der Waals surface area (Å²) >= 11 is 0. The number of hydrogen-bond acceptors (Lipinski definition) is 4. The molecule has 2 aromatic rings. The van der Waals surface area contributed by atoms with Gasteiger partial charge in [-0.3, -0.25) is 14.4 Å². The number of benzene rings is 1. The molecule has 0 saturated carbocycles. The summed E-state index contributed by atoms with van der Waals surface area (Å²) in [7, 11) is 0. The van der Waals surface area contributed by atoms with Crippen LogP contribution in [0.3, 0.4) is 0 Å². The lowest BCUT2D eigenvalue weighted by atomic mass is 9.91. The topological polar surface area (TPSA) is 73.8 Å². The van der Waals surface area contributed by atoms with Gasteiger partial charge in [0.15, 0.2) is 0 Å². The van der Waals surface area contributed by atoms with Crippen molar-refractivity contribution < 1.29 is 14.4 Å². The molecule has 0 radical (unpaired) electrons. The number of carbonyl (C=O) groups excluding carboxylic acids is 3. The van der Waals surface area contributed by atoms with Crippen molar-refractivity contribution in [3.05, 3.63) is 59.9 Å².